The number of carboxylic acid groups (broad SMARTS) is 1. The highest BCUT2D eigenvalue weighted by Gasteiger charge is 2.33. The number of fused-ring (bicyclic) bond motifs is 1. The minimum absolute atomic E-state index is 0.0826. The van der Waals surface area contributed by atoms with Crippen molar-refractivity contribution in [3.05, 3.63) is 99.3 Å². The Morgan fingerprint density at radius 2 is 1.87 bits per heavy atom. The summed E-state index contributed by atoms with van der Waals surface area (Å²) in [5.41, 5.74) is 2.72. The minimum atomic E-state index is -1.42. The molecule has 270 valence electrons. The van der Waals surface area contributed by atoms with Crippen LogP contribution in [-0.4, -0.2) is 60.5 Å². The van der Waals surface area contributed by atoms with Crippen molar-refractivity contribution in [1.82, 2.24) is 29.1 Å². The van der Waals surface area contributed by atoms with E-state index < -0.39 is 31.7 Å². The van der Waals surface area contributed by atoms with Crippen LogP contribution in [0.2, 0.25) is 30.7 Å². The van der Waals surface area contributed by atoms with Gasteiger partial charge in [-0.2, -0.15) is 9.65 Å². The molecule has 5 aromatic rings. The average molecular weight is 743 g/mol. The summed E-state index contributed by atoms with van der Waals surface area (Å²) in [6.07, 6.45) is 1.43. The summed E-state index contributed by atoms with van der Waals surface area (Å²) in [7, 11) is -1.42. The summed E-state index contributed by atoms with van der Waals surface area (Å²) >= 11 is 6.40. The molecule has 1 aliphatic rings. The van der Waals surface area contributed by atoms with Crippen molar-refractivity contribution < 1.29 is 19.0 Å². The maximum atomic E-state index is 16.5. The fraction of sp³-hybridized carbons (Fsp3) is 0.351. The number of carbonyl (C=O) groups is 1. The minimum Gasteiger partial charge on any atom is -0.465 e. The fourth-order valence-corrected chi connectivity index (χ4v) is 7.39. The van der Waals surface area contributed by atoms with Crippen LogP contribution in [0.15, 0.2) is 65.6 Å². The molecule has 1 atom stereocenters. The van der Waals surface area contributed by atoms with Crippen LogP contribution in [0, 0.1) is 17.3 Å². The van der Waals surface area contributed by atoms with E-state index in [4.69, 9.17) is 21.3 Å². The molecule has 3 aromatic heterocycles. The highest BCUT2D eigenvalue weighted by Crippen LogP contribution is 2.37. The predicted molar refractivity (Wildman–Crippen MR) is 199 cm³/mol. The van der Waals surface area contributed by atoms with Crippen molar-refractivity contribution in [2.75, 3.05) is 11.5 Å². The van der Waals surface area contributed by atoms with Crippen molar-refractivity contribution in [2.45, 2.75) is 77.6 Å². The quantitative estimate of drug-likeness (QED) is 0.113. The van der Waals surface area contributed by atoms with Gasteiger partial charge in [0.1, 0.15) is 24.3 Å². The number of ether oxygens (including phenoxy) is 1. The zero-order valence-corrected chi connectivity index (χ0v) is 31.6. The second-order valence-corrected chi connectivity index (χ2v) is 21.1. The number of pyridine rings is 1. The van der Waals surface area contributed by atoms with Gasteiger partial charge in [-0.05, 0) is 81.6 Å². The molecule has 2 aromatic carbocycles. The van der Waals surface area contributed by atoms with Crippen molar-refractivity contribution in [3.63, 3.8) is 0 Å². The van der Waals surface area contributed by atoms with Crippen molar-refractivity contribution in [2.24, 2.45) is 0 Å². The van der Waals surface area contributed by atoms with Crippen LogP contribution in [0.5, 0.6) is 0 Å². The fourth-order valence-electron chi connectivity index (χ4n) is 6.46. The van der Waals surface area contributed by atoms with Gasteiger partial charge in [0.05, 0.1) is 17.9 Å². The number of aryl methyl sites for hydroxylation is 1. The molecular formula is C37H40ClFN8O4Si. The monoisotopic (exact) mass is 742 g/mol. The van der Waals surface area contributed by atoms with Crippen LogP contribution >= 0.6 is 11.6 Å². The molecular weight excluding hydrogens is 703 g/mol. The summed E-state index contributed by atoms with van der Waals surface area (Å²) in [4.78, 5) is 32.1. The number of benzene rings is 2. The number of nitrogens with zero attached hydrogens (tertiary/aromatic N) is 8. The normalized spacial score (nSPS) is 14.3. The van der Waals surface area contributed by atoms with E-state index >= 15 is 4.39 Å². The van der Waals surface area contributed by atoms with Crippen molar-refractivity contribution >= 4 is 31.5 Å². The van der Waals surface area contributed by atoms with Crippen LogP contribution in [0.3, 0.4) is 0 Å². The molecule has 0 unspecified atom stereocenters. The third-order valence-electron chi connectivity index (χ3n) is 8.97. The molecule has 0 radical (unpaired) electrons. The SMILES string of the molecule is CC(C)(C)N(C(=O)O)c1ccc(-c2nc([C@@H]3CCc4cc(-c5cc(Cl)ccc5-n5cc(C#N)nn5)cc(=O)n43)n(COCC[Si](C)(C)C)c2F)cc1. The van der Waals surface area contributed by atoms with Gasteiger partial charge >= 0.3 is 6.09 Å². The zero-order valence-electron chi connectivity index (χ0n) is 29.9. The average Bonchev–Trinajstić information content (AvgIpc) is 3.80. The van der Waals surface area contributed by atoms with Gasteiger partial charge in [0, 0.05) is 53.8 Å². The van der Waals surface area contributed by atoms with Crippen LogP contribution in [0.25, 0.3) is 28.1 Å². The van der Waals surface area contributed by atoms with Crippen molar-refractivity contribution in [3.8, 4) is 34.1 Å². The molecule has 0 saturated carbocycles. The van der Waals surface area contributed by atoms with Gasteiger partial charge in [-0.3, -0.25) is 14.3 Å². The number of imidazole rings is 1. The molecule has 6 rings (SSSR count). The Balaban J connectivity index is 1.40. The Hall–Kier alpha value is -5.10. The Labute approximate surface area is 306 Å². The molecule has 15 heteroatoms. The van der Waals surface area contributed by atoms with Gasteiger partial charge < -0.3 is 14.4 Å². The Bertz CT molecular complexity index is 2250. The molecule has 0 fully saturated rings. The van der Waals surface area contributed by atoms with E-state index in [0.717, 1.165) is 11.7 Å². The summed E-state index contributed by atoms with van der Waals surface area (Å²) < 4.78 is 27.0. The van der Waals surface area contributed by atoms with Crippen molar-refractivity contribution in [1.29, 1.82) is 5.26 Å². The number of halogens is 2. The summed E-state index contributed by atoms with van der Waals surface area (Å²) in [6, 6.07) is 17.5. The van der Waals surface area contributed by atoms with Crippen LogP contribution in [-0.2, 0) is 17.9 Å². The maximum absolute atomic E-state index is 16.5. The van der Waals surface area contributed by atoms with Gasteiger partial charge in [0.25, 0.3) is 5.56 Å². The molecule has 52 heavy (non-hydrogen) atoms. The molecule has 1 amide bonds. The molecule has 1 N–H and O–H groups in total. The van der Waals surface area contributed by atoms with E-state index in [-0.39, 0.29) is 23.7 Å². The molecule has 0 aliphatic carbocycles. The summed E-state index contributed by atoms with van der Waals surface area (Å²) in [5.74, 6) is -0.247. The number of anilines is 1. The number of aromatic nitrogens is 6. The van der Waals surface area contributed by atoms with Gasteiger partial charge in [0.15, 0.2) is 5.69 Å². The number of hydrogen-bond donors (Lipinski definition) is 1. The molecule has 0 spiro atoms. The van der Waals surface area contributed by atoms with E-state index in [1.807, 2.05) is 12.1 Å². The lowest BCUT2D eigenvalue weighted by molar-refractivity contribution is 0.0761. The lowest BCUT2D eigenvalue weighted by atomic mass is 10.0. The van der Waals surface area contributed by atoms with Gasteiger partial charge in [-0.25, -0.2) is 14.5 Å². The number of nitriles is 1. The summed E-state index contributed by atoms with van der Waals surface area (Å²) in [5, 5.41) is 27.5. The smallest absolute Gasteiger partial charge is 0.412 e. The highest BCUT2D eigenvalue weighted by molar-refractivity contribution is 6.76. The number of rotatable bonds is 10. The lowest BCUT2D eigenvalue weighted by Gasteiger charge is -2.33. The Kier molecular flexibility index (Phi) is 9.97. The first kappa shape index (κ1) is 36.7. The predicted octanol–water partition coefficient (Wildman–Crippen LogP) is 7.75. The second kappa shape index (κ2) is 14.1. The number of amides is 1. The van der Waals surface area contributed by atoms with E-state index in [2.05, 4.69) is 30.0 Å². The second-order valence-electron chi connectivity index (χ2n) is 15.0. The highest BCUT2D eigenvalue weighted by atomic mass is 35.5. The third-order valence-corrected chi connectivity index (χ3v) is 10.9. The van der Waals surface area contributed by atoms with E-state index in [9.17, 15) is 20.0 Å². The van der Waals surface area contributed by atoms with E-state index in [1.54, 1.807) is 67.8 Å². The Morgan fingerprint density at radius 1 is 1.13 bits per heavy atom. The maximum Gasteiger partial charge on any atom is 0.412 e. The third kappa shape index (κ3) is 7.43. The molecule has 0 saturated heterocycles. The van der Waals surface area contributed by atoms with Gasteiger partial charge in [-0.15, -0.1) is 5.10 Å². The first-order chi connectivity index (χ1) is 24.6. The van der Waals surface area contributed by atoms with Crippen LogP contribution < -0.4 is 10.5 Å². The van der Waals surface area contributed by atoms with Gasteiger partial charge in [-0.1, -0.05) is 48.6 Å². The lowest BCUT2D eigenvalue weighted by Crippen LogP contribution is -2.45. The molecule has 12 nitrogen and oxygen atoms in total. The first-order valence-electron chi connectivity index (χ1n) is 16.9. The standard InChI is InChI=1S/C37H40ClFN8O4Si/c1-37(2,3)47(36(49)50)27-10-7-23(8-11-27)33-34(39)44(22-51-15-16-52(4,5)6)35(41-33)31-14-12-28-17-24(18-32(48)46(28)31)29-19-25(38)9-13-30(29)45-21-26(20-40)42-43-45/h7-11,13,17-19,21,31H,12,14-16,22H2,1-6H3,(H,49,50)/t31-/m0/s1. The molecule has 1 aliphatic heterocycles. The van der Waals surface area contributed by atoms with Gasteiger partial charge in [0.2, 0.25) is 5.95 Å². The largest absolute Gasteiger partial charge is 0.465 e. The Morgan fingerprint density at radius 3 is 2.50 bits per heavy atom. The molecule has 0 bridgehead atoms. The van der Waals surface area contributed by atoms with E-state index in [1.165, 1.54) is 26.4 Å². The molecule has 4 heterocycles. The first-order valence-corrected chi connectivity index (χ1v) is 21.0. The van der Waals surface area contributed by atoms with E-state index in [0.29, 0.717) is 58.4 Å². The summed E-state index contributed by atoms with van der Waals surface area (Å²) in [6.45, 7) is 12.5. The number of hydrogen-bond acceptors (Lipinski definition) is 7. The van der Waals surface area contributed by atoms with Crippen LogP contribution in [0.1, 0.15) is 50.4 Å². The van der Waals surface area contributed by atoms with Crippen LogP contribution in [0.4, 0.5) is 14.9 Å². The topological polar surface area (TPSA) is 144 Å². The zero-order chi connectivity index (χ0) is 37.5.